The van der Waals surface area contributed by atoms with Crippen LogP contribution in [0.1, 0.15) is 27.7 Å². The van der Waals surface area contributed by atoms with Crippen LogP contribution in [0.4, 0.5) is 0 Å². The lowest BCUT2D eigenvalue weighted by Gasteiger charge is -2.38. The lowest BCUT2D eigenvalue weighted by Crippen LogP contribution is -2.50. The van der Waals surface area contributed by atoms with Crippen LogP contribution in [0.5, 0.6) is 0 Å². The third kappa shape index (κ3) is 1.67. The van der Waals surface area contributed by atoms with Crippen molar-refractivity contribution < 1.29 is 23.7 Å². The molecule has 0 radical (unpaired) electrons. The summed E-state index contributed by atoms with van der Waals surface area (Å²) in [6.07, 6.45) is -0.666. The van der Waals surface area contributed by atoms with Crippen molar-refractivity contribution in [3.8, 4) is 0 Å². The normalized spacial score (nSPS) is 48.8. The maximum atomic E-state index is 5.85. The molecular weight excluding hydrogens is 212 g/mol. The predicted octanol–water partition coefficient (Wildman–Crippen LogP) is 1.01. The number of hydrogen-bond donors (Lipinski definition) is 0. The average Bonchev–Trinajstić information content (AvgIpc) is 2.57. The SMILES string of the molecule is CC1(C)O[C@@H]2O[C@H]3COC(C)(C)O[C@H]3[C@@H]2O1. The van der Waals surface area contributed by atoms with Crippen molar-refractivity contribution in [2.45, 2.75) is 63.9 Å². The van der Waals surface area contributed by atoms with Gasteiger partial charge in [0, 0.05) is 0 Å². The molecule has 16 heavy (non-hydrogen) atoms. The van der Waals surface area contributed by atoms with Gasteiger partial charge in [0.05, 0.1) is 6.61 Å². The zero-order valence-electron chi connectivity index (χ0n) is 10.1. The van der Waals surface area contributed by atoms with Crippen LogP contribution in [0.15, 0.2) is 0 Å². The van der Waals surface area contributed by atoms with E-state index in [0.29, 0.717) is 6.61 Å². The number of fused-ring (bicyclic) bond motifs is 3. The Labute approximate surface area is 94.9 Å². The molecule has 4 atom stereocenters. The second-order valence-electron chi connectivity index (χ2n) is 5.44. The molecule has 0 saturated carbocycles. The third-order valence-corrected chi connectivity index (χ3v) is 3.10. The summed E-state index contributed by atoms with van der Waals surface area (Å²) in [7, 11) is 0. The Balaban J connectivity index is 1.78. The van der Waals surface area contributed by atoms with Crippen LogP contribution in [0.2, 0.25) is 0 Å². The van der Waals surface area contributed by atoms with Gasteiger partial charge in [0.2, 0.25) is 0 Å². The third-order valence-electron chi connectivity index (χ3n) is 3.10. The summed E-state index contributed by atoms with van der Waals surface area (Å²) in [5.41, 5.74) is 0. The van der Waals surface area contributed by atoms with E-state index in [1.54, 1.807) is 0 Å². The van der Waals surface area contributed by atoms with Gasteiger partial charge in [-0.15, -0.1) is 0 Å². The topological polar surface area (TPSA) is 46.2 Å². The molecule has 0 unspecified atom stereocenters. The summed E-state index contributed by atoms with van der Waals surface area (Å²) in [5.74, 6) is -1.17. The van der Waals surface area contributed by atoms with Crippen molar-refractivity contribution in [2.24, 2.45) is 0 Å². The van der Waals surface area contributed by atoms with E-state index in [-0.39, 0.29) is 24.6 Å². The predicted molar refractivity (Wildman–Crippen MR) is 53.6 cm³/mol. The van der Waals surface area contributed by atoms with Crippen LogP contribution < -0.4 is 0 Å². The van der Waals surface area contributed by atoms with E-state index >= 15 is 0 Å². The molecule has 0 aliphatic carbocycles. The monoisotopic (exact) mass is 230 g/mol. The van der Waals surface area contributed by atoms with Gasteiger partial charge in [0.1, 0.15) is 18.3 Å². The highest BCUT2D eigenvalue weighted by molar-refractivity contribution is 4.96. The van der Waals surface area contributed by atoms with Crippen molar-refractivity contribution in [1.82, 2.24) is 0 Å². The Morgan fingerprint density at radius 1 is 0.875 bits per heavy atom. The maximum Gasteiger partial charge on any atom is 0.190 e. The molecule has 3 rings (SSSR count). The fraction of sp³-hybridized carbons (Fsp3) is 1.00. The molecule has 0 aromatic rings. The van der Waals surface area contributed by atoms with E-state index in [0.717, 1.165) is 0 Å². The highest BCUT2D eigenvalue weighted by Crippen LogP contribution is 2.42. The summed E-state index contributed by atoms with van der Waals surface area (Å²) in [6, 6.07) is 0. The molecule has 0 aromatic heterocycles. The Morgan fingerprint density at radius 3 is 2.31 bits per heavy atom. The van der Waals surface area contributed by atoms with Gasteiger partial charge in [-0.2, -0.15) is 0 Å². The first-order valence-electron chi connectivity index (χ1n) is 5.69. The van der Waals surface area contributed by atoms with Crippen molar-refractivity contribution in [2.75, 3.05) is 6.61 Å². The summed E-state index contributed by atoms with van der Waals surface area (Å²) in [6.45, 7) is 8.09. The van der Waals surface area contributed by atoms with E-state index in [2.05, 4.69) is 0 Å². The lowest BCUT2D eigenvalue weighted by atomic mass is 10.1. The minimum absolute atomic E-state index is 0.0841. The molecule has 5 nitrogen and oxygen atoms in total. The van der Waals surface area contributed by atoms with Gasteiger partial charge in [-0.05, 0) is 27.7 Å². The van der Waals surface area contributed by atoms with Gasteiger partial charge in [0.25, 0.3) is 0 Å². The molecule has 3 aliphatic heterocycles. The molecule has 5 heteroatoms. The van der Waals surface area contributed by atoms with Gasteiger partial charge >= 0.3 is 0 Å². The van der Waals surface area contributed by atoms with Crippen molar-refractivity contribution >= 4 is 0 Å². The van der Waals surface area contributed by atoms with Crippen LogP contribution in [-0.2, 0) is 23.7 Å². The first-order valence-corrected chi connectivity index (χ1v) is 5.69. The summed E-state index contributed by atoms with van der Waals surface area (Å²) in [4.78, 5) is 0. The minimum Gasteiger partial charge on any atom is -0.348 e. The molecule has 3 aliphatic rings. The van der Waals surface area contributed by atoms with E-state index in [9.17, 15) is 0 Å². The second-order valence-corrected chi connectivity index (χ2v) is 5.44. The molecule has 0 N–H and O–H groups in total. The first-order chi connectivity index (χ1) is 7.36. The van der Waals surface area contributed by atoms with Gasteiger partial charge in [0.15, 0.2) is 17.9 Å². The van der Waals surface area contributed by atoms with Crippen molar-refractivity contribution in [3.63, 3.8) is 0 Å². The molecule has 3 saturated heterocycles. The smallest absolute Gasteiger partial charge is 0.190 e. The number of rotatable bonds is 0. The first kappa shape index (κ1) is 10.9. The van der Waals surface area contributed by atoms with E-state index in [4.69, 9.17) is 23.7 Å². The number of hydrogen-bond acceptors (Lipinski definition) is 5. The molecule has 0 bridgehead atoms. The van der Waals surface area contributed by atoms with Gasteiger partial charge in [-0.1, -0.05) is 0 Å². The highest BCUT2D eigenvalue weighted by Gasteiger charge is 2.58. The lowest BCUT2D eigenvalue weighted by molar-refractivity contribution is -0.319. The minimum atomic E-state index is -0.591. The van der Waals surface area contributed by atoms with E-state index in [1.807, 2.05) is 27.7 Å². The van der Waals surface area contributed by atoms with Gasteiger partial charge in [-0.3, -0.25) is 0 Å². The Hall–Kier alpha value is -0.200. The summed E-state index contributed by atoms with van der Waals surface area (Å²) >= 11 is 0. The maximum absolute atomic E-state index is 5.85. The van der Waals surface area contributed by atoms with Crippen molar-refractivity contribution in [3.05, 3.63) is 0 Å². The fourth-order valence-electron chi connectivity index (χ4n) is 2.47. The molecule has 0 spiro atoms. The van der Waals surface area contributed by atoms with Gasteiger partial charge in [-0.25, -0.2) is 0 Å². The van der Waals surface area contributed by atoms with Crippen LogP contribution in [0.3, 0.4) is 0 Å². The standard InChI is InChI=1S/C11H18O5/c1-10(2)12-5-6-7(14-10)8-9(13-6)16-11(3,4)15-8/h6-9H,5H2,1-4H3/t6-,7+,8-,9-/m0/s1. The Bertz CT molecular complexity index is 301. The Kier molecular flexibility index (Phi) is 2.17. The average molecular weight is 230 g/mol. The van der Waals surface area contributed by atoms with Crippen LogP contribution in [-0.4, -0.2) is 42.8 Å². The van der Waals surface area contributed by atoms with Crippen LogP contribution >= 0.6 is 0 Å². The summed E-state index contributed by atoms with van der Waals surface area (Å²) < 4.78 is 28.6. The molecule has 3 heterocycles. The van der Waals surface area contributed by atoms with Crippen LogP contribution in [0.25, 0.3) is 0 Å². The van der Waals surface area contributed by atoms with Gasteiger partial charge < -0.3 is 23.7 Å². The molecule has 3 fully saturated rings. The largest absolute Gasteiger partial charge is 0.348 e. The van der Waals surface area contributed by atoms with E-state index in [1.165, 1.54) is 0 Å². The molecule has 92 valence electrons. The zero-order chi connectivity index (χ0) is 11.6. The fourth-order valence-corrected chi connectivity index (χ4v) is 2.47. The highest BCUT2D eigenvalue weighted by atomic mass is 16.9. The second kappa shape index (κ2) is 3.17. The van der Waals surface area contributed by atoms with Crippen LogP contribution in [0, 0.1) is 0 Å². The van der Waals surface area contributed by atoms with Crippen molar-refractivity contribution in [1.29, 1.82) is 0 Å². The quantitative estimate of drug-likeness (QED) is 0.621. The van der Waals surface area contributed by atoms with E-state index < -0.39 is 11.6 Å². The molecular formula is C11H18O5. The molecule has 0 aromatic carbocycles. The Morgan fingerprint density at radius 2 is 1.56 bits per heavy atom. The zero-order valence-corrected chi connectivity index (χ0v) is 10.1. The number of ether oxygens (including phenoxy) is 5. The summed E-state index contributed by atoms with van der Waals surface area (Å²) in [5, 5.41) is 0. The molecule has 0 amide bonds.